The summed E-state index contributed by atoms with van der Waals surface area (Å²) in [5.74, 6) is -0.396. The van der Waals surface area contributed by atoms with Gasteiger partial charge in [-0.15, -0.1) is 0 Å². The molecular formula is C13H22FN3O2S. The predicted molar refractivity (Wildman–Crippen MR) is 79.3 cm³/mol. The maximum Gasteiger partial charge on any atom is 0.304 e. The molecule has 0 aliphatic heterocycles. The smallest absolute Gasteiger partial charge is 0.304 e. The molecule has 114 valence electrons. The van der Waals surface area contributed by atoms with Gasteiger partial charge < -0.3 is 5.73 Å². The van der Waals surface area contributed by atoms with Gasteiger partial charge >= 0.3 is 10.2 Å². The molecule has 20 heavy (non-hydrogen) atoms. The molecule has 0 saturated carbocycles. The zero-order valence-electron chi connectivity index (χ0n) is 11.9. The molecule has 0 bridgehead atoms. The number of benzene rings is 1. The lowest BCUT2D eigenvalue weighted by atomic mass is 10.3. The summed E-state index contributed by atoms with van der Waals surface area (Å²) in [4.78, 5) is 0. The molecule has 5 nitrogen and oxygen atoms in total. The van der Waals surface area contributed by atoms with E-state index in [9.17, 15) is 12.8 Å². The molecule has 0 aliphatic carbocycles. The maximum absolute atomic E-state index is 13.0. The van der Waals surface area contributed by atoms with E-state index in [0.29, 0.717) is 31.7 Å². The van der Waals surface area contributed by atoms with Crippen LogP contribution in [0.4, 0.5) is 10.1 Å². The Balaban J connectivity index is 3.14. The second-order valence-corrected chi connectivity index (χ2v) is 6.14. The molecule has 2 N–H and O–H groups in total. The lowest BCUT2D eigenvalue weighted by Gasteiger charge is -2.30. The third kappa shape index (κ3) is 3.91. The van der Waals surface area contributed by atoms with Crippen molar-refractivity contribution in [3.05, 3.63) is 30.1 Å². The minimum absolute atomic E-state index is 0.279. The fourth-order valence-corrected chi connectivity index (χ4v) is 3.59. The number of nitrogens with zero attached hydrogens (tertiary/aromatic N) is 2. The van der Waals surface area contributed by atoms with Crippen LogP contribution in [0.3, 0.4) is 0 Å². The average molecular weight is 303 g/mol. The first-order valence-corrected chi connectivity index (χ1v) is 8.10. The van der Waals surface area contributed by atoms with Crippen LogP contribution in [0, 0.1) is 5.82 Å². The summed E-state index contributed by atoms with van der Waals surface area (Å²) in [5, 5.41) is 0. The first kappa shape index (κ1) is 16.9. The Morgan fingerprint density at radius 1 is 1.15 bits per heavy atom. The van der Waals surface area contributed by atoms with Crippen molar-refractivity contribution in [3.8, 4) is 0 Å². The SMILES string of the molecule is CCN(CC)S(=O)(=O)N(CCCN)c1ccc(F)cc1. The number of rotatable bonds is 8. The van der Waals surface area contributed by atoms with Gasteiger partial charge in [0, 0.05) is 19.6 Å². The van der Waals surface area contributed by atoms with Crippen molar-refractivity contribution < 1.29 is 12.8 Å². The highest BCUT2D eigenvalue weighted by atomic mass is 32.2. The van der Waals surface area contributed by atoms with E-state index in [0.717, 1.165) is 0 Å². The first-order valence-electron chi connectivity index (χ1n) is 6.70. The third-order valence-corrected chi connectivity index (χ3v) is 5.11. The molecule has 0 atom stereocenters. The summed E-state index contributed by atoms with van der Waals surface area (Å²) in [6.45, 7) is 5.02. The molecule has 0 unspecified atom stereocenters. The Bertz CT molecular complexity index is 501. The highest BCUT2D eigenvalue weighted by Gasteiger charge is 2.27. The van der Waals surface area contributed by atoms with Crippen LogP contribution in [0.15, 0.2) is 24.3 Å². The first-order chi connectivity index (χ1) is 9.47. The number of halogens is 1. The fourth-order valence-electron chi connectivity index (χ4n) is 1.91. The van der Waals surface area contributed by atoms with Gasteiger partial charge in [0.15, 0.2) is 0 Å². The standard InChI is InChI=1S/C13H22FN3O2S/c1-3-16(4-2)20(18,19)17(11-5-10-15)13-8-6-12(14)7-9-13/h6-9H,3-5,10-11,15H2,1-2H3. The van der Waals surface area contributed by atoms with E-state index in [1.54, 1.807) is 13.8 Å². The summed E-state index contributed by atoms with van der Waals surface area (Å²) in [6, 6.07) is 5.44. The van der Waals surface area contributed by atoms with Gasteiger partial charge in [-0.05, 0) is 37.2 Å². The Hall–Kier alpha value is -1.18. The van der Waals surface area contributed by atoms with Gasteiger partial charge in [0.2, 0.25) is 0 Å². The van der Waals surface area contributed by atoms with Crippen molar-refractivity contribution in [2.45, 2.75) is 20.3 Å². The number of hydrogen-bond donors (Lipinski definition) is 1. The monoisotopic (exact) mass is 303 g/mol. The van der Waals surface area contributed by atoms with E-state index in [4.69, 9.17) is 5.73 Å². The third-order valence-electron chi connectivity index (χ3n) is 2.99. The molecule has 0 radical (unpaired) electrons. The molecule has 1 aromatic rings. The molecule has 0 heterocycles. The van der Waals surface area contributed by atoms with Crippen molar-refractivity contribution in [3.63, 3.8) is 0 Å². The van der Waals surface area contributed by atoms with E-state index in [2.05, 4.69) is 0 Å². The molecule has 1 aromatic carbocycles. The van der Waals surface area contributed by atoms with Crippen LogP contribution in [0.2, 0.25) is 0 Å². The van der Waals surface area contributed by atoms with Crippen molar-refractivity contribution in [1.29, 1.82) is 0 Å². The summed E-state index contributed by atoms with van der Waals surface area (Å²) in [5.41, 5.74) is 5.92. The molecule has 0 saturated heterocycles. The Kier molecular flexibility index (Phi) is 6.38. The fraction of sp³-hybridized carbons (Fsp3) is 0.538. The van der Waals surface area contributed by atoms with E-state index in [-0.39, 0.29) is 6.54 Å². The Labute approximate surface area is 120 Å². The van der Waals surface area contributed by atoms with Crippen LogP contribution in [0.1, 0.15) is 20.3 Å². The predicted octanol–water partition coefficient (Wildman–Crippen LogP) is 1.57. The minimum Gasteiger partial charge on any atom is -0.330 e. The second-order valence-electron chi connectivity index (χ2n) is 4.28. The van der Waals surface area contributed by atoms with Gasteiger partial charge in [0.25, 0.3) is 0 Å². The highest BCUT2D eigenvalue weighted by molar-refractivity contribution is 7.90. The van der Waals surface area contributed by atoms with Crippen LogP contribution < -0.4 is 10.0 Å². The van der Waals surface area contributed by atoms with Gasteiger partial charge in [0.05, 0.1) is 5.69 Å². The van der Waals surface area contributed by atoms with Crippen LogP contribution in [-0.4, -0.2) is 38.9 Å². The molecule has 0 aliphatic rings. The summed E-state index contributed by atoms with van der Waals surface area (Å²) < 4.78 is 40.8. The molecule has 0 aromatic heterocycles. The summed E-state index contributed by atoms with van der Waals surface area (Å²) in [6.07, 6.45) is 0.540. The van der Waals surface area contributed by atoms with Gasteiger partial charge in [0.1, 0.15) is 5.82 Å². The summed E-state index contributed by atoms with van der Waals surface area (Å²) in [7, 11) is -3.61. The van der Waals surface area contributed by atoms with Crippen molar-refractivity contribution in [1.82, 2.24) is 4.31 Å². The molecule has 1 rings (SSSR count). The van der Waals surface area contributed by atoms with Crippen LogP contribution in [-0.2, 0) is 10.2 Å². The van der Waals surface area contributed by atoms with Crippen molar-refractivity contribution >= 4 is 15.9 Å². The van der Waals surface area contributed by atoms with E-state index in [1.165, 1.54) is 32.9 Å². The zero-order valence-corrected chi connectivity index (χ0v) is 12.7. The number of nitrogens with two attached hydrogens (primary N) is 1. The van der Waals surface area contributed by atoms with Crippen molar-refractivity contribution in [2.24, 2.45) is 5.73 Å². The lowest BCUT2D eigenvalue weighted by Crippen LogP contribution is -2.44. The van der Waals surface area contributed by atoms with Crippen LogP contribution in [0.25, 0.3) is 0 Å². The van der Waals surface area contributed by atoms with Crippen LogP contribution >= 0.6 is 0 Å². The molecule has 0 fully saturated rings. The van der Waals surface area contributed by atoms with Gasteiger partial charge in [-0.2, -0.15) is 12.7 Å². The van der Waals surface area contributed by atoms with E-state index in [1.807, 2.05) is 0 Å². The Morgan fingerprint density at radius 2 is 1.70 bits per heavy atom. The maximum atomic E-state index is 13.0. The normalized spacial score (nSPS) is 11.8. The second kappa shape index (κ2) is 7.56. The zero-order chi connectivity index (χ0) is 15.2. The molecular weight excluding hydrogens is 281 g/mol. The van der Waals surface area contributed by atoms with E-state index >= 15 is 0 Å². The van der Waals surface area contributed by atoms with Gasteiger partial charge in [-0.25, -0.2) is 4.39 Å². The molecule has 7 heteroatoms. The minimum atomic E-state index is -3.61. The quantitative estimate of drug-likeness (QED) is 0.792. The van der Waals surface area contributed by atoms with Gasteiger partial charge in [-0.3, -0.25) is 4.31 Å². The molecule has 0 amide bonds. The van der Waals surface area contributed by atoms with Crippen molar-refractivity contribution in [2.75, 3.05) is 30.5 Å². The Morgan fingerprint density at radius 3 is 2.15 bits per heavy atom. The number of hydrogen-bond acceptors (Lipinski definition) is 3. The largest absolute Gasteiger partial charge is 0.330 e. The summed E-state index contributed by atoms with van der Waals surface area (Å²) >= 11 is 0. The van der Waals surface area contributed by atoms with E-state index < -0.39 is 16.0 Å². The average Bonchev–Trinajstić information content (AvgIpc) is 2.42. The van der Waals surface area contributed by atoms with Gasteiger partial charge in [-0.1, -0.05) is 13.8 Å². The van der Waals surface area contributed by atoms with Crippen LogP contribution in [0.5, 0.6) is 0 Å². The number of anilines is 1. The lowest BCUT2D eigenvalue weighted by molar-refractivity contribution is 0.441. The molecule has 0 spiro atoms. The topological polar surface area (TPSA) is 66.6 Å². The highest BCUT2D eigenvalue weighted by Crippen LogP contribution is 2.21.